The Hall–Kier alpha value is 0.0169. The molecule has 0 aromatic rings. The second-order valence-corrected chi connectivity index (χ2v) is 10.1. The first-order valence-electron chi connectivity index (χ1n) is 8.14. The zero-order chi connectivity index (χ0) is 16.1. The van der Waals surface area contributed by atoms with Crippen LogP contribution in [0.1, 0.15) is 41.0 Å². The average Bonchev–Trinajstić information content (AvgIpc) is 2.44. The van der Waals surface area contributed by atoms with Gasteiger partial charge >= 0.3 is 8.56 Å². The molecular weight excluding hydrogens is 286 g/mol. The van der Waals surface area contributed by atoms with E-state index in [9.17, 15) is 0 Å². The number of hydrogen-bond acceptors (Lipinski definition) is 5. The van der Waals surface area contributed by atoms with Crippen molar-refractivity contribution in [3.8, 4) is 0 Å². The van der Waals surface area contributed by atoms with Gasteiger partial charge in [-0.3, -0.25) is 0 Å². The summed E-state index contributed by atoms with van der Waals surface area (Å²) in [6.07, 6.45) is 1.03. The number of ether oxygens (including phenoxy) is 2. The molecule has 0 aliphatic heterocycles. The molecule has 0 aromatic heterocycles. The molecule has 0 saturated heterocycles. The van der Waals surface area contributed by atoms with Gasteiger partial charge in [0.1, 0.15) is 0 Å². The third-order valence-corrected chi connectivity index (χ3v) is 7.86. The highest BCUT2D eigenvalue weighted by atomic mass is 28.4. The Bertz CT molecular complexity index is 216. The highest BCUT2D eigenvalue weighted by Crippen LogP contribution is 2.34. The first-order valence-corrected chi connectivity index (χ1v) is 10.1. The first-order chi connectivity index (χ1) is 10.0. The topological polar surface area (TPSA) is 62.9 Å². The van der Waals surface area contributed by atoms with Gasteiger partial charge in [-0.2, -0.15) is 0 Å². The zero-order valence-corrected chi connectivity index (χ0v) is 15.5. The van der Waals surface area contributed by atoms with E-state index >= 15 is 0 Å². The normalized spacial score (nSPS) is 12.6. The van der Waals surface area contributed by atoms with E-state index in [0.717, 1.165) is 13.0 Å². The maximum absolute atomic E-state index is 6.22. The van der Waals surface area contributed by atoms with E-state index in [1.54, 1.807) is 0 Å². The monoisotopic (exact) mass is 321 g/mol. The van der Waals surface area contributed by atoms with Crippen LogP contribution in [0.15, 0.2) is 0 Å². The van der Waals surface area contributed by atoms with Crippen LogP contribution in [0, 0.1) is 0 Å². The lowest BCUT2D eigenvalue weighted by atomic mass is 10.5. The fourth-order valence-electron chi connectivity index (χ4n) is 2.33. The lowest BCUT2D eigenvalue weighted by molar-refractivity contribution is 0.0552. The molecule has 2 N–H and O–H groups in total. The van der Waals surface area contributed by atoms with Crippen molar-refractivity contribution < 1.29 is 18.3 Å². The molecule has 0 heterocycles. The molecule has 0 bridgehead atoms. The predicted octanol–water partition coefficient (Wildman–Crippen LogP) is 2.68. The van der Waals surface area contributed by atoms with Crippen LogP contribution in [0.25, 0.3) is 0 Å². The molecule has 0 atom stereocenters. The van der Waals surface area contributed by atoms with Gasteiger partial charge in [0.05, 0.1) is 33.0 Å². The van der Waals surface area contributed by atoms with Crippen molar-refractivity contribution in [1.82, 2.24) is 0 Å². The molecule has 6 heteroatoms. The van der Waals surface area contributed by atoms with Crippen LogP contribution in [-0.4, -0.2) is 54.7 Å². The van der Waals surface area contributed by atoms with Crippen molar-refractivity contribution >= 4 is 8.56 Å². The third kappa shape index (κ3) is 8.28. The summed E-state index contributed by atoms with van der Waals surface area (Å²) in [6, 6.07) is 0. The van der Waals surface area contributed by atoms with E-state index in [-0.39, 0.29) is 0 Å². The minimum absolute atomic E-state index is 0.387. The van der Waals surface area contributed by atoms with Gasteiger partial charge in [-0.1, -0.05) is 34.6 Å². The van der Waals surface area contributed by atoms with Crippen molar-refractivity contribution in [2.24, 2.45) is 5.73 Å². The van der Waals surface area contributed by atoms with E-state index in [0.29, 0.717) is 50.7 Å². The fraction of sp³-hybridized carbons (Fsp3) is 1.00. The molecule has 0 aliphatic rings. The molecule has 0 radical (unpaired) electrons. The highest BCUT2D eigenvalue weighted by Gasteiger charge is 2.44. The maximum atomic E-state index is 6.22. The number of nitrogens with two attached hydrogens (primary N) is 1. The Balaban J connectivity index is 4.32. The Kier molecular flexibility index (Phi) is 12.6. The minimum atomic E-state index is -2.26. The van der Waals surface area contributed by atoms with Crippen LogP contribution in [0.5, 0.6) is 0 Å². The Morgan fingerprint density at radius 3 is 1.62 bits per heavy atom. The summed E-state index contributed by atoms with van der Waals surface area (Å²) in [7, 11) is -2.26. The van der Waals surface area contributed by atoms with Crippen molar-refractivity contribution in [1.29, 1.82) is 0 Å². The molecule has 0 unspecified atom stereocenters. The highest BCUT2D eigenvalue weighted by molar-refractivity contribution is 6.70. The van der Waals surface area contributed by atoms with Crippen molar-refractivity contribution in [3.05, 3.63) is 0 Å². The molecule has 0 fully saturated rings. The maximum Gasteiger partial charge on any atom is 0.343 e. The number of hydrogen-bond donors (Lipinski definition) is 1. The fourth-order valence-corrected chi connectivity index (χ4v) is 5.88. The molecule has 5 nitrogen and oxygen atoms in total. The Morgan fingerprint density at radius 1 is 0.762 bits per heavy atom. The van der Waals surface area contributed by atoms with Crippen LogP contribution >= 0.6 is 0 Å². The molecule has 0 amide bonds. The van der Waals surface area contributed by atoms with E-state index in [4.69, 9.17) is 24.1 Å². The van der Waals surface area contributed by atoms with Crippen LogP contribution in [0.4, 0.5) is 0 Å². The van der Waals surface area contributed by atoms with E-state index in [1.165, 1.54) is 0 Å². The van der Waals surface area contributed by atoms with Gasteiger partial charge in [-0.05, 0) is 17.5 Å². The summed E-state index contributed by atoms with van der Waals surface area (Å²) < 4.78 is 23.3. The van der Waals surface area contributed by atoms with Crippen LogP contribution in [0.3, 0.4) is 0 Å². The van der Waals surface area contributed by atoms with Gasteiger partial charge in [0, 0.05) is 13.2 Å². The van der Waals surface area contributed by atoms with Gasteiger partial charge in [0.25, 0.3) is 0 Å². The molecule has 0 saturated carbocycles. The second-order valence-electron chi connectivity index (χ2n) is 5.74. The summed E-state index contributed by atoms with van der Waals surface area (Å²) in [6.45, 7) is 15.1. The van der Waals surface area contributed by atoms with E-state index in [2.05, 4.69) is 34.6 Å². The van der Waals surface area contributed by atoms with Crippen molar-refractivity contribution in [2.75, 3.05) is 46.2 Å². The third-order valence-electron chi connectivity index (χ3n) is 3.33. The molecule has 0 spiro atoms. The molecule has 0 aromatic carbocycles. The Labute approximate surface area is 131 Å². The SMILES string of the molecule is CCCOCCO[Si](OCCOCCN)(C(C)C)C(C)C. The van der Waals surface area contributed by atoms with Gasteiger partial charge < -0.3 is 24.1 Å². The molecular formula is C15H35NO4Si. The zero-order valence-electron chi connectivity index (χ0n) is 14.5. The number of rotatable bonds is 14. The second kappa shape index (κ2) is 12.5. The van der Waals surface area contributed by atoms with Gasteiger partial charge in [0.15, 0.2) is 0 Å². The summed E-state index contributed by atoms with van der Waals surface area (Å²) >= 11 is 0. The average molecular weight is 322 g/mol. The lowest BCUT2D eigenvalue weighted by Gasteiger charge is -2.37. The minimum Gasteiger partial charge on any atom is -0.391 e. The predicted molar refractivity (Wildman–Crippen MR) is 88.8 cm³/mol. The standard InChI is InChI=1S/C15H35NO4Si/c1-6-8-17-10-12-19-21(14(2)3,15(4)5)20-13-11-18-9-7-16/h14-15H,6-13,16H2,1-5H3. The van der Waals surface area contributed by atoms with Crippen LogP contribution < -0.4 is 5.73 Å². The summed E-state index contributed by atoms with van der Waals surface area (Å²) in [5.74, 6) is 0. The summed E-state index contributed by atoms with van der Waals surface area (Å²) in [4.78, 5) is 0. The van der Waals surface area contributed by atoms with Gasteiger partial charge in [-0.25, -0.2) is 0 Å². The van der Waals surface area contributed by atoms with E-state index < -0.39 is 8.56 Å². The quantitative estimate of drug-likeness (QED) is 0.394. The first kappa shape index (κ1) is 21.0. The van der Waals surface area contributed by atoms with Crippen molar-refractivity contribution in [2.45, 2.75) is 52.1 Å². The molecule has 21 heavy (non-hydrogen) atoms. The molecule has 0 aliphatic carbocycles. The summed E-state index contributed by atoms with van der Waals surface area (Å²) in [5, 5.41) is 0. The Morgan fingerprint density at radius 2 is 1.24 bits per heavy atom. The molecule has 128 valence electrons. The van der Waals surface area contributed by atoms with Gasteiger partial charge in [-0.15, -0.1) is 0 Å². The van der Waals surface area contributed by atoms with Crippen molar-refractivity contribution in [3.63, 3.8) is 0 Å². The van der Waals surface area contributed by atoms with Crippen LogP contribution in [0.2, 0.25) is 11.1 Å². The molecule has 0 rings (SSSR count). The van der Waals surface area contributed by atoms with E-state index in [1.807, 2.05) is 0 Å². The van der Waals surface area contributed by atoms with Gasteiger partial charge in [0.2, 0.25) is 0 Å². The lowest BCUT2D eigenvalue weighted by Crippen LogP contribution is -2.49. The summed E-state index contributed by atoms with van der Waals surface area (Å²) in [5.41, 5.74) is 6.18. The smallest absolute Gasteiger partial charge is 0.343 e. The largest absolute Gasteiger partial charge is 0.391 e. The van der Waals surface area contributed by atoms with Crippen LogP contribution in [-0.2, 0) is 18.3 Å².